The molecule has 2 aromatic carbocycles. The lowest BCUT2D eigenvalue weighted by Crippen LogP contribution is -2.40. The van der Waals surface area contributed by atoms with Crippen LogP contribution in [-0.2, 0) is 16.9 Å². The quantitative estimate of drug-likeness (QED) is 0.666. The van der Waals surface area contributed by atoms with Crippen LogP contribution in [0.2, 0.25) is 10.0 Å². The Hall–Kier alpha value is -2.61. The summed E-state index contributed by atoms with van der Waals surface area (Å²) < 4.78 is 6.86. The van der Waals surface area contributed by atoms with E-state index in [1.54, 1.807) is 24.3 Å². The molecule has 0 aliphatic carbocycles. The van der Waals surface area contributed by atoms with Gasteiger partial charge in [0.05, 0.1) is 11.6 Å². The molecule has 9 heteroatoms. The summed E-state index contributed by atoms with van der Waals surface area (Å²) in [5, 5.41) is 24.7. The number of benzene rings is 2. The molecule has 2 N–H and O–H groups in total. The Kier molecular flexibility index (Phi) is 5.13. The summed E-state index contributed by atoms with van der Waals surface area (Å²) >= 11 is 12.0. The van der Waals surface area contributed by atoms with Gasteiger partial charge in [0.25, 0.3) is 0 Å². The first-order valence-corrected chi connectivity index (χ1v) is 8.16. The number of hydrogen-bond acceptors (Lipinski definition) is 5. The molecule has 1 unspecified atom stereocenters. The first-order valence-electron chi connectivity index (χ1n) is 7.40. The maximum absolute atomic E-state index is 11.7. The van der Waals surface area contributed by atoms with Gasteiger partial charge in [-0.1, -0.05) is 29.3 Å². The van der Waals surface area contributed by atoms with E-state index in [4.69, 9.17) is 27.9 Å². The van der Waals surface area contributed by atoms with Crippen LogP contribution in [0.1, 0.15) is 5.56 Å². The number of aliphatic carboxylic acids is 1. The zero-order valence-corrected chi connectivity index (χ0v) is 14.7. The molecule has 0 bridgehead atoms. The average molecular weight is 394 g/mol. The Morgan fingerprint density at radius 3 is 2.42 bits per heavy atom. The number of aliphatic hydroxyl groups is 1. The van der Waals surface area contributed by atoms with Crippen LogP contribution < -0.4 is 4.74 Å². The Morgan fingerprint density at radius 2 is 1.85 bits per heavy atom. The SMILES string of the molecule is O=C(O)C(O)(Cn1cncn1)c1ccc(Oc2ccc(Cl)cc2)cc1Cl. The molecule has 0 fully saturated rings. The summed E-state index contributed by atoms with van der Waals surface area (Å²) in [5.41, 5.74) is -2.26. The van der Waals surface area contributed by atoms with E-state index in [1.807, 2.05) is 0 Å². The molecular weight excluding hydrogens is 381 g/mol. The third-order valence-electron chi connectivity index (χ3n) is 3.65. The average Bonchev–Trinajstić information content (AvgIpc) is 3.09. The fraction of sp³-hybridized carbons (Fsp3) is 0.118. The van der Waals surface area contributed by atoms with Gasteiger partial charge in [0, 0.05) is 10.6 Å². The molecular formula is C17H13Cl2N3O4. The molecule has 0 aliphatic rings. The van der Waals surface area contributed by atoms with Gasteiger partial charge in [-0.2, -0.15) is 5.10 Å². The Labute approximate surface area is 158 Å². The largest absolute Gasteiger partial charge is 0.479 e. The van der Waals surface area contributed by atoms with E-state index in [0.717, 1.165) is 0 Å². The maximum atomic E-state index is 11.7. The standard InChI is InChI=1S/C17H13Cl2N3O4/c18-11-1-3-12(4-2-11)26-13-5-6-14(15(19)7-13)17(25,16(23)24)8-22-10-20-9-21-22/h1-7,9-10,25H,8H2,(H,23,24). The van der Waals surface area contributed by atoms with Gasteiger partial charge in [-0.05, 0) is 36.4 Å². The number of nitrogens with zero attached hydrogens (tertiary/aromatic N) is 3. The van der Waals surface area contributed by atoms with E-state index >= 15 is 0 Å². The molecule has 0 amide bonds. The number of carboxylic acid groups (broad SMARTS) is 1. The van der Waals surface area contributed by atoms with Crippen molar-refractivity contribution in [3.05, 3.63) is 70.7 Å². The van der Waals surface area contributed by atoms with Crippen LogP contribution in [0.25, 0.3) is 0 Å². The van der Waals surface area contributed by atoms with Gasteiger partial charge in [-0.15, -0.1) is 0 Å². The summed E-state index contributed by atoms with van der Waals surface area (Å²) in [6.07, 6.45) is 2.55. The first kappa shape index (κ1) is 18.2. The number of halogens is 2. The van der Waals surface area contributed by atoms with Crippen LogP contribution in [0.5, 0.6) is 11.5 Å². The maximum Gasteiger partial charge on any atom is 0.342 e. The second kappa shape index (κ2) is 7.33. The van der Waals surface area contributed by atoms with Gasteiger partial charge in [0.2, 0.25) is 5.60 Å². The molecule has 26 heavy (non-hydrogen) atoms. The predicted molar refractivity (Wildman–Crippen MR) is 94.5 cm³/mol. The van der Waals surface area contributed by atoms with Crippen molar-refractivity contribution in [2.75, 3.05) is 0 Å². The molecule has 3 aromatic rings. The predicted octanol–water partition coefficient (Wildman–Crippen LogP) is 3.35. The van der Waals surface area contributed by atoms with Crippen LogP contribution in [0.4, 0.5) is 0 Å². The fourth-order valence-corrected chi connectivity index (χ4v) is 2.80. The summed E-state index contributed by atoms with van der Waals surface area (Å²) in [4.78, 5) is 15.4. The molecule has 0 saturated carbocycles. The van der Waals surface area contributed by atoms with Crippen LogP contribution in [0, 0.1) is 0 Å². The van der Waals surface area contributed by atoms with Gasteiger partial charge in [0.1, 0.15) is 24.2 Å². The van der Waals surface area contributed by atoms with Crippen molar-refractivity contribution in [3.8, 4) is 11.5 Å². The highest BCUT2D eigenvalue weighted by atomic mass is 35.5. The third-order valence-corrected chi connectivity index (χ3v) is 4.21. The molecule has 134 valence electrons. The highest BCUT2D eigenvalue weighted by Gasteiger charge is 2.40. The zero-order chi connectivity index (χ0) is 18.7. The van der Waals surface area contributed by atoms with Crippen molar-refractivity contribution in [3.63, 3.8) is 0 Å². The molecule has 0 saturated heterocycles. The summed E-state index contributed by atoms with van der Waals surface area (Å²) in [6.45, 7) is -0.348. The van der Waals surface area contributed by atoms with Gasteiger partial charge in [-0.25, -0.2) is 14.5 Å². The first-order chi connectivity index (χ1) is 12.4. The van der Waals surface area contributed by atoms with Gasteiger partial charge in [0.15, 0.2) is 0 Å². The number of carboxylic acids is 1. The lowest BCUT2D eigenvalue weighted by Gasteiger charge is -2.25. The summed E-state index contributed by atoms with van der Waals surface area (Å²) in [6, 6.07) is 11.1. The van der Waals surface area contributed by atoms with Gasteiger partial charge < -0.3 is 14.9 Å². The van der Waals surface area contributed by atoms with Crippen molar-refractivity contribution in [2.24, 2.45) is 0 Å². The van der Waals surface area contributed by atoms with Gasteiger partial charge in [-0.3, -0.25) is 0 Å². The van der Waals surface area contributed by atoms with Crippen LogP contribution in [0.15, 0.2) is 55.1 Å². The molecule has 1 heterocycles. The topological polar surface area (TPSA) is 97.5 Å². The Balaban J connectivity index is 1.89. The molecule has 0 radical (unpaired) electrons. The lowest BCUT2D eigenvalue weighted by molar-refractivity contribution is -0.161. The highest BCUT2D eigenvalue weighted by Crippen LogP contribution is 2.34. The summed E-state index contributed by atoms with van der Waals surface area (Å²) in [7, 11) is 0. The van der Waals surface area contributed by atoms with Crippen molar-refractivity contribution >= 4 is 29.2 Å². The molecule has 0 spiro atoms. The van der Waals surface area contributed by atoms with Crippen molar-refractivity contribution in [1.82, 2.24) is 14.8 Å². The van der Waals surface area contributed by atoms with E-state index in [-0.39, 0.29) is 17.1 Å². The lowest BCUT2D eigenvalue weighted by atomic mass is 9.93. The monoisotopic (exact) mass is 393 g/mol. The molecule has 1 atom stereocenters. The number of aromatic nitrogens is 3. The second-order valence-electron chi connectivity index (χ2n) is 5.46. The van der Waals surface area contributed by atoms with Crippen LogP contribution in [-0.4, -0.2) is 30.9 Å². The molecule has 7 nitrogen and oxygen atoms in total. The van der Waals surface area contributed by atoms with E-state index in [2.05, 4.69) is 10.1 Å². The van der Waals surface area contributed by atoms with Crippen LogP contribution in [0.3, 0.4) is 0 Å². The fourth-order valence-electron chi connectivity index (χ4n) is 2.35. The molecule has 1 aromatic heterocycles. The van der Waals surface area contributed by atoms with Crippen molar-refractivity contribution < 1.29 is 19.7 Å². The number of hydrogen-bond donors (Lipinski definition) is 2. The number of rotatable bonds is 6. The Bertz CT molecular complexity index is 916. The van der Waals surface area contributed by atoms with E-state index in [9.17, 15) is 15.0 Å². The van der Waals surface area contributed by atoms with E-state index in [0.29, 0.717) is 16.5 Å². The minimum absolute atomic E-state index is 0.0191. The van der Waals surface area contributed by atoms with Crippen LogP contribution >= 0.6 is 23.2 Å². The van der Waals surface area contributed by atoms with Crippen molar-refractivity contribution in [2.45, 2.75) is 12.1 Å². The summed E-state index contributed by atoms with van der Waals surface area (Å²) in [5.74, 6) is -0.537. The Morgan fingerprint density at radius 1 is 1.15 bits per heavy atom. The smallest absolute Gasteiger partial charge is 0.342 e. The zero-order valence-electron chi connectivity index (χ0n) is 13.2. The molecule has 0 aliphatic heterocycles. The number of carbonyl (C=O) groups is 1. The van der Waals surface area contributed by atoms with E-state index in [1.165, 1.54) is 35.5 Å². The number of ether oxygens (including phenoxy) is 1. The minimum Gasteiger partial charge on any atom is -0.479 e. The minimum atomic E-state index is -2.27. The van der Waals surface area contributed by atoms with Crippen molar-refractivity contribution in [1.29, 1.82) is 0 Å². The van der Waals surface area contributed by atoms with Gasteiger partial charge >= 0.3 is 5.97 Å². The normalized spacial score (nSPS) is 13.2. The second-order valence-corrected chi connectivity index (χ2v) is 6.30. The highest BCUT2D eigenvalue weighted by molar-refractivity contribution is 6.32. The third kappa shape index (κ3) is 3.80. The van der Waals surface area contributed by atoms with E-state index < -0.39 is 11.6 Å². The molecule has 3 rings (SSSR count).